The Morgan fingerprint density at radius 3 is 3.00 bits per heavy atom. The van der Waals surface area contributed by atoms with E-state index in [0.29, 0.717) is 5.82 Å². The van der Waals surface area contributed by atoms with Crippen LogP contribution < -0.4 is 5.73 Å². The molecule has 0 fully saturated rings. The van der Waals surface area contributed by atoms with Gasteiger partial charge in [-0.3, -0.25) is 9.48 Å². The molecule has 0 bridgehead atoms. The Morgan fingerprint density at radius 2 is 2.50 bits per heavy atom. The van der Waals surface area contributed by atoms with Crippen LogP contribution in [0.25, 0.3) is 6.08 Å². The highest BCUT2D eigenvalue weighted by Gasteiger charge is 1.99. The first-order chi connectivity index (χ1) is 6.63. The molecule has 1 aromatic rings. The second-order valence-corrected chi connectivity index (χ2v) is 2.83. The van der Waals surface area contributed by atoms with Gasteiger partial charge in [-0.1, -0.05) is 12.2 Å². The number of nitrogens with zero attached hydrogens (tertiary/aromatic N) is 2. The lowest BCUT2D eigenvalue weighted by molar-refractivity contribution is -0.139. The van der Waals surface area contributed by atoms with E-state index < -0.39 is 0 Å². The lowest BCUT2D eigenvalue weighted by atomic mass is 10.2. The third kappa shape index (κ3) is 2.62. The average Bonchev–Trinajstić information content (AvgIpc) is 2.45. The molecule has 0 saturated carbocycles. The minimum absolute atomic E-state index is 0.241. The fourth-order valence-electron chi connectivity index (χ4n) is 1.02. The third-order valence-electron chi connectivity index (χ3n) is 1.70. The van der Waals surface area contributed by atoms with Gasteiger partial charge in [-0.2, -0.15) is 5.10 Å². The first-order valence-corrected chi connectivity index (χ1v) is 4.16. The van der Waals surface area contributed by atoms with Crippen molar-refractivity contribution < 1.29 is 9.53 Å². The number of carbonyl (C=O) groups is 1. The van der Waals surface area contributed by atoms with Gasteiger partial charge < -0.3 is 10.5 Å². The SMILES string of the molecule is COC(=O)CC=Cc1cn(C)nc1N. The van der Waals surface area contributed by atoms with Crippen molar-refractivity contribution in [2.75, 3.05) is 12.8 Å². The topological polar surface area (TPSA) is 70.1 Å². The highest BCUT2D eigenvalue weighted by atomic mass is 16.5. The van der Waals surface area contributed by atoms with Crippen LogP contribution in [0.5, 0.6) is 0 Å². The number of nitrogen functional groups attached to an aromatic ring is 1. The lowest BCUT2D eigenvalue weighted by Crippen LogP contribution is -1.96. The molecule has 1 aromatic heterocycles. The number of ether oxygens (including phenoxy) is 1. The van der Waals surface area contributed by atoms with Crippen molar-refractivity contribution in [3.05, 3.63) is 17.8 Å². The molecule has 0 aliphatic carbocycles. The number of carbonyl (C=O) groups excluding carboxylic acids is 1. The van der Waals surface area contributed by atoms with E-state index in [1.165, 1.54) is 7.11 Å². The van der Waals surface area contributed by atoms with E-state index in [0.717, 1.165) is 5.56 Å². The number of methoxy groups -OCH3 is 1. The van der Waals surface area contributed by atoms with Crippen molar-refractivity contribution in [2.24, 2.45) is 7.05 Å². The van der Waals surface area contributed by atoms with Gasteiger partial charge in [0.15, 0.2) is 5.82 Å². The molecule has 0 aliphatic heterocycles. The minimum atomic E-state index is -0.274. The maximum Gasteiger partial charge on any atom is 0.309 e. The molecule has 0 amide bonds. The molecule has 0 atom stereocenters. The first kappa shape index (κ1) is 10.3. The van der Waals surface area contributed by atoms with Crippen LogP contribution in [-0.4, -0.2) is 22.9 Å². The predicted molar refractivity (Wildman–Crippen MR) is 53.3 cm³/mol. The highest BCUT2D eigenvalue weighted by Crippen LogP contribution is 2.10. The Morgan fingerprint density at radius 1 is 1.79 bits per heavy atom. The van der Waals surface area contributed by atoms with Gasteiger partial charge in [0.05, 0.1) is 13.5 Å². The Bertz CT molecular complexity index is 355. The summed E-state index contributed by atoms with van der Waals surface area (Å²) in [6, 6.07) is 0. The van der Waals surface area contributed by atoms with Crippen LogP contribution in [0, 0.1) is 0 Å². The fraction of sp³-hybridized carbons (Fsp3) is 0.333. The maximum atomic E-state index is 10.8. The van der Waals surface area contributed by atoms with Gasteiger partial charge in [0.25, 0.3) is 0 Å². The van der Waals surface area contributed by atoms with E-state index in [1.54, 1.807) is 30.1 Å². The zero-order valence-electron chi connectivity index (χ0n) is 8.23. The summed E-state index contributed by atoms with van der Waals surface area (Å²) in [5.41, 5.74) is 6.39. The molecule has 0 aromatic carbocycles. The minimum Gasteiger partial charge on any atom is -0.469 e. The summed E-state index contributed by atoms with van der Waals surface area (Å²) in [5, 5.41) is 3.96. The summed E-state index contributed by atoms with van der Waals surface area (Å²) >= 11 is 0. The normalized spacial score (nSPS) is 10.7. The van der Waals surface area contributed by atoms with Crippen molar-refractivity contribution in [3.8, 4) is 0 Å². The number of nitrogens with two attached hydrogens (primary N) is 1. The van der Waals surface area contributed by atoms with Gasteiger partial charge in [0.2, 0.25) is 0 Å². The van der Waals surface area contributed by atoms with E-state index in [-0.39, 0.29) is 12.4 Å². The van der Waals surface area contributed by atoms with Crippen LogP contribution in [0.1, 0.15) is 12.0 Å². The number of aryl methyl sites for hydroxylation is 1. The second kappa shape index (κ2) is 4.45. The van der Waals surface area contributed by atoms with Gasteiger partial charge in [0, 0.05) is 18.8 Å². The molecular formula is C9H13N3O2. The predicted octanol–water partition coefficient (Wildman–Crippen LogP) is 0.579. The zero-order chi connectivity index (χ0) is 10.6. The molecule has 0 spiro atoms. The molecule has 0 aliphatic rings. The zero-order valence-corrected chi connectivity index (χ0v) is 8.23. The number of hydrogen-bond acceptors (Lipinski definition) is 4. The molecule has 5 heteroatoms. The van der Waals surface area contributed by atoms with E-state index in [9.17, 15) is 4.79 Å². The molecule has 5 nitrogen and oxygen atoms in total. The van der Waals surface area contributed by atoms with Crippen LogP contribution in [0.4, 0.5) is 5.82 Å². The van der Waals surface area contributed by atoms with Crippen molar-refractivity contribution >= 4 is 17.9 Å². The Kier molecular flexibility index (Phi) is 3.28. The number of rotatable bonds is 3. The summed E-state index contributed by atoms with van der Waals surface area (Å²) < 4.78 is 6.10. The molecule has 2 N–H and O–H groups in total. The summed E-state index contributed by atoms with van der Waals surface area (Å²) in [4.78, 5) is 10.8. The van der Waals surface area contributed by atoms with Crippen LogP contribution in [-0.2, 0) is 16.6 Å². The molecule has 0 radical (unpaired) electrons. The van der Waals surface area contributed by atoms with Crippen LogP contribution in [0.15, 0.2) is 12.3 Å². The Hall–Kier alpha value is -1.78. The van der Waals surface area contributed by atoms with Crippen LogP contribution >= 0.6 is 0 Å². The average molecular weight is 195 g/mol. The van der Waals surface area contributed by atoms with Gasteiger partial charge in [-0.05, 0) is 0 Å². The van der Waals surface area contributed by atoms with E-state index >= 15 is 0 Å². The van der Waals surface area contributed by atoms with Gasteiger partial charge >= 0.3 is 5.97 Å². The van der Waals surface area contributed by atoms with Crippen molar-refractivity contribution in [3.63, 3.8) is 0 Å². The maximum absolute atomic E-state index is 10.8. The van der Waals surface area contributed by atoms with Crippen molar-refractivity contribution in [1.29, 1.82) is 0 Å². The molecule has 1 rings (SSSR count). The number of hydrogen-bond donors (Lipinski definition) is 1. The van der Waals surface area contributed by atoms with Crippen molar-refractivity contribution in [2.45, 2.75) is 6.42 Å². The number of esters is 1. The summed E-state index contributed by atoms with van der Waals surface area (Å²) in [6.45, 7) is 0. The van der Waals surface area contributed by atoms with E-state index in [4.69, 9.17) is 5.73 Å². The number of anilines is 1. The molecule has 1 heterocycles. The Labute approximate surface area is 82.2 Å². The summed E-state index contributed by atoms with van der Waals surface area (Å²) in [6.07, 6.45) is 5.46. The van der Waals surface area contributed by atoms with Gasteiger partial charge in [-0.25, -0.2) is 0 Å². The smallest absolute Gasteiger partial charge is 0.309 e. The molecule has 0 saturated heterocycles. The van der Waals surface area contributed by atoms with Crippen molar-refractivity contribution in [1.82, 2.24) is 9.78 Å². The highest BCUT2D eigenvalue weighted by molar-refractivity contribution is 5.73. The Balaban J connectivity index is 2.60. The summed E-state index contributed by atoms with van der Waals surface area (Å²) in [5.74, 6) is 0.178. The second-order valence-electron chi connectivity index (χ2n) is 2.83. The van der Waals surface area contributed by atoms with Crippen LogP contribution in [0.3, 0.4) is 0 Å². The molecule has 0 unspecified atom stereocenters. The lowest BCUT2D eigenvalue weighted by Gasteiger charge is -1.91. The summed E-state index contributed by atoms with van der Waals surface area (Å²) in [7, 11) is 3.14. The quantitative estimate of drug-likeness (QED) is 0.716. The number of aromatic nitrogens is 2. The largest absolute Gasteiger partial charge is 0.469 e. The van der Waals surface area contributed by atoms with Gasteiger partial charge in [-0.15, -0.1) is 0 Å². The van der Waals surface area contributed by atoms with Gasteiger partial charge in [0.1, 0.15) is 0 Å². The standard InChI is InChI=1S/C9H13N3O2/c1-12-6-7(9(10)11-12)4-3-5-8(13)14-2/h3-4,6H,5H2,1-2H3,(H2,10,11). The monoisotopic (exact) mass is 195 g/mol. The third-order valence-corrected chi connectivity index (χ3v) is 1.70. The van der Waals surface area contributed by atoms with E-state index in [2.05, 4.69) is 9.84 Å². The fourth-order valence-corrected chi connectivity index (χ4v) is 1.02. The van der Waals surface area contributed by atoms with E-state index in [1.807, 2.05) is 0 Å². The molecule has 76 valence electrons. The molecule has 14 heavy (non-hydrogen) atoms. The van der Waals surface area contributed by atoms with Crippen LogP contribution in [0.2, 0.25) is 0 Å². The first-order valence-electron chi connectivity index (χ1n) is 4.16. The molecular weight excluding hydrogens is 182 g/mol.